The maximum atomic E-state index is 13.0. The maximum Gasteiger partial charge on any atom is 0.251 e. The Bertz CT molecular complexity index is 929. The van der Waals surface area contributed by atoms with Gasteiger partial charge in [0.15, 0.2) is 0 Å². The Balaban J connectivity index is 1.61. The first-order chi connectivity index (χ1) is 15.0. The molecular formula is C23H28N4O4. The average molecular weight is 425 g/mol. The van der Waals surface area contributed by atoms with Gasteiger partial charge in [-0.15, -0.1) is 0 Å². The number of ether oxygens (including phenoxy) is 1. The summed E-state index contributed by atoms with van der Waals surface area (Å²) in [5.74, 6) is -0.211. The standard InChI is InChI=1S/C23H28N4O4/c1-31-19-10-8-17(9-11-19)22(29)26-20-7-2-3-12-27(23(20)30)15-21(28)25-18-6-4-5-16(13-18)14-24/h4-6,8-11,13,20H,2-3,7,12,14-15,24H2,1H3,(H,25,28)(H,26,29). The van der Waals surface area contributed by atoms with Crippen LogP contribution in [0.4, 0.5) is 5.69 Å². The van der Waals surface area contributed by atoms with Gasteiger partial charge in [-0.3, -0.25) is 14.4 Å². The zero-order valence-corrected chi connectivity index (χ0v) is 17.6. The highest BCUT2D eigenvalue weighted by Gasteiger charge is 2.29. The van der Waals surface area contributed by atoms with Crippen LogP contribution in [0.3, 0.4) is 0 Å². The van der Waals surface area contributed by atoms with Crippen molar-refractivity contribution in [1.29, 1.82) is 0 Å². The number of hydrogen-bond donors (Lipinski definition) is 3. The van der Waals surface area contributed by atoms with Crippen LogP contribution in [-0.4, -0.2) is 48.9 Å². The van der Waals surface area contributed by atoms with Crippen molar-refractivity contribution in [2.75, 3.05) is 25.5 Å². The summed E-state index contributed by atoms with van der Waals surface area (Å²) in [6.07, 6.45) is 2.10. The third kappa shape index (κ3) is 6.05. The van der Waals surface area contributed by atoms with E-state index in [1.165, 1.54) is 4.90 Å². The summed E-state index contributed by atoms with van der Waals surface area (Å²) in [6, 6.07) is 13.3. The van der Waals surface area contributed by atoms with E-state index >= 15 is 0 Å². The van der Waals surface area contributed by atoms with Crippen LogP contribution >= 0.6 is 0 Å². The number of methoxy groups -OCH3 is 1. The monoisotopic (exact) mass is 424 g/mol. The molecule has 1 fully saturated rings. The molecule has 3 amide bonds. The van der Waals surface area contributed by atoms with Crippen molar-refractivity contribution in [2.24, 2.45) is 5.73 Å². The van der Waals surface area contributed by atoms with Crippen molar-refractivity contribution >= 4 is 23.4 Å². The van der Waals surface area contributed by atoms with Gasteiger partial charge >= 0.3 is 0 Å². The summed E-state index contributed by atoms with van der Waals surface area (Å²) in [7, 11) is 1.55. The van der Waals surface area contributed by atoms with Crippen molar-refractivity contribution in [1.82, 2.24) is 10.2 Å². The number of anilines is 1. The highest BCUT2D eigenvalue weighted by Crippen LogP contribution is 2.16. The molecule has 0 bridgehead atoms. The van der Waals surface area contributed by atoms with E-state index in [4.69, 9.17) is 10.5 Å². The number of nitrogens with two attached hydrogens (primary N) is 1. The van der Waals surface area contributed by atoms with Crippen LogP contribution in [0.1, 0.15) is 35.2 Å². The number of benzene rings is 2. The Hall–Kier alpha value is -3.39. The number of rotatable bonds is 7. The second-order valence-electron chi connectivity index (χ2n) is 7.46. The molecule has 8 heteroatoms. The van der Waals surface area contributed by atoms with E-state index in [9.17, 15) is 14.4 Å². The fraction of sp³-hybridized carbons (Fsp3) is 0.348. The number of likely N-dealkylation sites (tertiary alicyclic amines) is 1. The predicted molar refractivity (Wildman–Crippen MR) is 118 cm³/mol. The average Bonchev–Trinajstić information content (AvgIpc) is 2.95. The van der Waals surface area contributed by atoms with Crippen LogP contribution in [0, 0.1) is 0 Å². The highest BCUT2D eigenvalue weighted by atomic mass is 16.5. The van der Waals surface area contributed by atoms with E-state index in [1.54, 1.807) is 43.5 Å². The molecule has 1 aliphatic heterocycles. The molecule has 1 aliphatic rings. The van der Waals surface area contributed by atoms with Crippen LogP contribution < -0.4 is 21.1 Å². The second-order valence-corrected chi connectivity index (χ2v) is 7.46. The topological polar surface area (TPSA) is 114 Å². The SMILES string of the molecule is COc1ccc(C(=O)NC2CCCCN(CC(=O)Nc3cccc(CN)c3)C2=O)cc1. The van der Waals surface area contributed by atoms with Gasteiger partial charge in [0.05, 0.1) is 13.7 Å². The van der Waals surface area contributed by atoms with Crippen molar-refractivity contribution in [3.05, 3.63) is 59.7 Å². The lowest BCUT2D eigenvalue weighted by molar-refractivity contribution is -0.135. The van der Waals surface area contributed by atoms with Crippen LogP contribution in [-0.2, 0) is 16.1 Å². The first kappa shape index (κ1) is 22.3. The maximum absolute atomic E-state index is 13.0. The lowest BCUT2D eigenvalue weighted by Crippen LogP contribution is -2.49. The predicted octanol–water partition coefficient (Wildman–Crippen LogP) is 1.90. The number of nitrogens with one attached hydrogen (secondary N) is 2. The Morgan fingerprint density at radius 2 is 1.94 bits per heavy atom. The fourth-order valence-corrected chi connectivity index (χ4v) is 3.53. The Morgan fingerprint density at radius 1 is 1.16 bits per heavy atom. The van der Waals surface area contributed by atoms with Crippen LogP contribution in [0.5, 0.6) is 5.75 Å². The molecule has 3 rings (SSSR count). The van der Waals surface area contributed by atoms with Gasteiger partial charge in [0.2, 0.25) is 11.8 Å². The van der Waals surface area contributed by atoms with E-state index in [2.05, 4.69) is 10.6 Å². The minimum Gasteiger partial charge on any atom is -0.497 e. The normalized spacial score (nSPS) is 16.4. The fourth-order valence-electron chi connectivity index (χ4n) is 3.53. The molecule has 164 valence electrons. The Kier molecular flexibility index (Phi) is 7.61. The number of carbonyl (C=O) groups excluding carboxylic acids is 3. The third-order valence-electron chi connectivity index (χ3n) is 5.22. The van der Waals surface area contributed by atoms with E-state index in [0.29, 0.717) is 36.5 Å². The number of hydrogen-bond acceptors (Lipinski definition) is 5. The van der Waals surface area contributed by atoms with Crippen molar-refractivity contribution in [3.8, 4) is 5.75 Å². The van der Waals surface area contributed by atoms with Gasteiger partial charge in [0, 0.05) is 24.3 Å². The van der Waals surface area contributed by atoms with E-state index in [-0.39, 0.29) is 24.3 Å². The smallest absolute Gasteiger partial charge is 0.251 e. The molecule has 0 aliphatic carbocycles. The minimum atomic E-state index is -0.662. The highest BCUT2D eigenvalue weighted by molar-refractivity contribution is 5.99. The van der Waals surface area contributed by atoms with E-state index in [0.717, 1.165) is 18.4 Å². The van der Waals surface area contributed by atoms with Gasteiger partial charge in [-0.25, -0.2) is 0 Å². The van der Waals surface area contributed by atoms with Gasteiger partial charge in [0.1, 0.15) is 11.8 Å². The summed E-state index contributed by atoms with van der Waals surface area (Å²) in [6.45, 7) is 0.786. The zero-order valence-electron chi connectivity index (χ0n) is 17.6. The number of nitrogens with zero attached hydrogens (tertiary/aromatic N) is 1. The Morgan fingerprint density at radius 3 is 2.65 bits per heavy atom. The molecule has 2 aromatic carbocycles. The molecule has 1 saturated heterocycles. The van der Waals surface area contributed by atoms with Crippen molar-refractivity contribution < 1.29 is 19.1 Å². The van der Waals surface area contributed by atoms with Gasteiger partial charge < -0.3 is 26.0 Å². The van der Waals surface area contributed by atoms with E-state index < -0.39 is 6.04 Å². The third-order valence-corrected chi connectivity index (χ3v) is 5.22. The van der Waals surface area contributed by atoms with Crippen LogP contribution in [0.15, 0.2) is 48.5 Å². The molecule has 1 heterocycles. The first-order valence-corrected chi connectivity index (χ1v) is 10.3. The van der Waals surface area contributed by atoms with Gasteiger partial charge in [0.25, 0.3) is 5.91 Å². The lowest BCUT2D eigenvalue weighted by atomic mass is 10.1. The lowest BCUT2D eigenvalue weighted by Gasteiger charge is -2.24. The summed E-state index contributed by atoms with van der Waals surface area (Å²) in [5, 5.41) is 5.62. The molecule has 31 heavy (non-hydrogen) atoms. The van der Waals surface area contributed by atoms with Gasteiger partial charge in [-0.05, 0) is 61.2 Å². The first-order valence-electron chi connectivity index (χ1n) is 10.3. The summed E-state index contributed by atoms with van der Waals surface area (Å²) in [4.78, 5) is 39.6. The molecule has 8 nitrogen and oxygen atoms in total. The molecule has 4 N–H and O–H groups in total. The molecule has 1 atom stereocenters. The molecule has 0 aromatic heterocycles. The quantitative estimate of drug-likeness (QED) is 0.628. The molecule has 2 aromatic rings. The molecule has 0 saturated carbocycles. The Labute approximate surface area is 181 Å². The molecule has 1 unspecified atom stereocenters. The molecular weight excluding hydrogens is 396 g/mol. The van der Waals surface area contributed by atoms with Crippen LogP contribution in [0.2, 0.25) is 0 Å². The van der Waals surface area contributed by atoms with Crippen molar-refractivity contribution in [3.63, 3.8) is 0 Å². The van der Waals surface area contributed by atoms with E-state index in [1.807, 2.05) is 12.1 Å². The summed E-state index contributed by atoms with van der Waals surface area (Å²) < 4.78 is 5.10. The van der Waals surface area contributed by atoms with Crippen LogP contribution in [0.25, 0.3) is 0 Å². The summed E-state index contributed by atoms with van der Waals surface area (Å²) >= 11 is 0. The van der Waals surface area contributed by atoms with Crippen molar-refractivity contribution in [2.45, 2.75) is 31.8 Å². The largest absolute Gasteiger partial charge is 0.497 e. The molecule has 0 radical (unpaired) electrons. The van der Waals surface area contributed by atoms with Gasteiger partial charge in [-0.2, -0.15) is 0 Å². The minimum absolute atomic E-state index is 0.0689. The van der Waals surface area contributed by atoms with Gasteiger partial charge in [-0.1, -0.05) is 12.1 Å². The number of carbonyl (C=O) groups is 3. The summed E-state index contributed by atoms with van der Waals surface area (Å²) in [5.41, 5.74) is 7.63. The zero-order chi connectivity index (χ0) is 22.2. The second kappa shape index (κ2) is 10.6. The number of amides is 3. The molecule has 0 spiro atoms.